The molecule has 2 aromatic carbocycles. The van der Waals surface area contributed by atoms with Crippen LogP contribution in [0.25, 0.3) is 28.9 Å². The van der Waals surface area contributed by atoms with E-state index in [4.69, 9.17) is 25.2 Å². The van der Waals surface area contributed by atoms with Gasteiger partial charge in [-0.05, 0) is 54.2 Å². The molecule has 0 radical (unpaired) electrons. The molecular weight excluding hydrogens is 486 g/mol. The molecule has 0 saturated heterocycles. The van der Waals surface area contributed by atoms with E-state index in [0.29, 0.717) is 21.9 Å². The molecule has 0 unspecified atom stereocenters. The van der Waals surface area contributed by atoms with Gasteiger partial charge in [-0.2, -0.15) is 0 Å². The number of nitro groups is 1. The molecule has 10 nitrogen and oxygen atoms in total. The minimum Gasteiger partial charge on any atom is -0.496 e. The molecule has 0 amide bonds. The van der Waals surface area contributed by atoms with Crippen LogP contribution in [0.2, 0.25) is 5.02 Å². The van der Waals surface area contributed by atoms with Gasteiger partial charge in [-0.3, -0.25) is 10.1 Å². The van der Waals surface area contributed by atoms with E-state index in [9.17, 15) is 20.0 Å². The van der Waals surface area contributed by atoms with Gasteiger partial charge in [0.05, 0.1) is 23.7 Å². The maximum atomic E-state index is 11.8. The quantitative estimate of drug-likeness (QED) is 0.137. The Morgan fingerprint density at radius 1 is 1.15 bits per heavy atom. The summed E-state index contributed by atoms with van der Waals surface area (Å²) in [6.45, 7) is 0. The first-order chi connectivity index (χ1) is 16.3. The number of nitro benzene ring substituents is 1. The summed E-state index contributed by atoms with van der Waals surface area (Å²) in [7, 11) is 1.38. The number of nitrogens with zero attached hydrogens (tertiary/aromatic N) is 3. The smallest absolute Gasteiger partial charge is 0.342 e. The highest BCUT2D eigenvalue weighted by Gasteiger charge is 2.18. The topological polar surface area (TPSA) is 142 Å². The third-order valence-electron chi connectivity index (χ3n) is 4.47. The predicted octanol–water partition coefficient (Wildman–Crippen LogP) is 5.78. The first-order valence-corrected chi connectivity index (χ1v) is 10.7. The minimum absolute atomic E-state index is 0.0300. The summed E-state index contributed by atoms with van der Waals surface area (Å²) >= 11 is 6.64. The molecule has 0 spiro atoms. The molecule has 1 N–H and O–H groups in total. The average molecular weight is 500 g/mol. The van der Waals surface area contributed by atoms with Crippen molar-refractivity contribution < 1.29 is 28.4 Å². The standard InChI is InChI=1S/C22H14ClN3O7S/c1-31-18-10-14(26(29)30)6-8-16(18)17-9-7-15(32-17)11-19(21(27)28)34-22-25-24-20(33-22)12-2-4-13(23)5-3-12/h2-11H,1H3,(H,27,28)/b19-11-. The molecule has 4 aromatic rings. The molecule has 2 heterocycles. The molecule has 34 heavy (non-hydrogen) atoms. The van der Waals surface area contributed by atoms with Gasteiger partial charge in [0.25, 0.3) is 10.9 Å². The number of thioether (sulfide) groups is 1. The van der Waals surface area contributed by atoms with Gasteiger partial charge in [-0.1, -0.05) is 11.6 Å². The van der Waals surface area contributed by atoms with Gasteiger partial charge in [0.1, 0.15) is 22.2 Å². The van der Waals surface area contributed by atoms with E-state index in [1.165, 1.54) is 31.4 Å². The van der Waals surface area contributed by atoms with Crippen molar-refractivity contribution in [2.24, 2.45) is 0 Å². The van der Waals surface area contributed by atoms with Crippen molar-refractivity contribution in [3.8, 4) is 28.5 Å². The minimum atomic E-state index is -1.22. The summed E-state index contributed by atoms with van der Waals surface area (Å²) in [6.07, 6.45) is 1.31. The second-order valence-electron chi connectivity index (χ2n) is 6.64. The van der Waals surface area contributed by atoms with E-state index in [2.05, 4.69) is 10.2 Å². The van der Waals surface area contributed by atoms with Crippen LogP contribution in [0, 0.1) is 10.1 Å². The third kappa shape index (κ3) is 5.11. The largest absolute Gasteiger partial charge is 0.496 e. The van der Waals surface area contributed by atoms with Gasteiger partial charge >= 0.3 is 5.97 Å². The number of benzene rings is 2. The maximum Gasteiger partial charge on any atom is 0.342 e. The van der Waals surface area contributed by atoms with Gasteiger partial charge in [-0.15, -0.1) is 10.2 Å². The van der Waals surface area contributed by atoms with Crippen molar-refractivity contribution >= 4 is 41.1 Å². The highest BCUT2D eigenvalue weighted by molar-refractivity contribution is 8.03. The van der Waals surface area contributed by atoms with Gasteiger partial charge in [-0.25, -0.2) is 4.79 Å². The van der Waals surface area contributed by atoms with Crippen LogP contribution < -0.4 is 4.74 Å². The van der Waals surface area contributed by atoms with Crippen LogP contribution in [0.4, 0.5) is 5.69 Å². The van der Waals surface area contributed by atoms with Crippen LogP contribution in [0.3, 0.4) is 0 Å². The Hall–Kier alpha value is -4.09. The summed E-state index contributed by atoms with van der Waals surface area (Å²) in [4.78, 5) is 22.1. The fraction of sp³-hybridized carbons (Fsp3) is 0.0455. The molecule has 0 atom stereocenters. The number of carbonyl (C=O) groups is 1. The Kier molecular flexibility index (Phi) is 6.66. The molecule has 0 aliphatic carbocycles. The summed E-state index contributed by atoms with van der Waals surface area (Å²) in [5.74, 6) is -0.183. The number of hydrogen-bond donors (Lipinski definition) is 1. The lowest BCUT2D eigenvalue weighted by Crippen LogP contribution is -1.96. The van der Waals surface area contributed by atoms with Gasteiger partial charge in [0.15, 0.2) is 0 Å². The molecular formula is C22H14ClN3O7S. The molecule has 0 fully saturated rings. The van der Waals surface area contributed by atoms with Crippen LogP contribution in [-0.4, -0.2) is 33.3 Å². The fourth-order valence-electron chi connectivity index (χ4n) is 2.89. The number of ether oxygens (including phenoxy) is 1. The Morgan fingerprint density at radius 3 is 2.59 bits per heavy atom. The lowest BCUT2D eigenvalue weighted by atomic mass is 10.1. The van der Waals surface area contributed by atoms with Crippen molar-refractivity contribution in [2.45, 2.75) is 5.22 Å². The van der Waals surface area contributed by atoms with Crippen LogP contribution in [0.5, 0.6) is 5.75 Å². The van der Waals surface area contributed by atoms with Crippen LogP contribution in [0.1, 0.15) is 5.76 Å². The Labute approximate surface area is 201 Å². The number of halogens is 1. The van der Waals surface area contributed by atoms with Crippen molar-refractivity contribution in [2.75, 3.05) is 7.11 Å². The third-order valence-corrected chi connectivity index (χ3v) is 5.57. The number of furan rings is 1. The van der Waals surface area contributed by atoms with Crippen molar-refractivity contribution in [1.82, 2.24) is 10.2 Å². The molecule has 172 valence electrons. The second-order valence-corrected chi connectivity index (χ2v) is 8.07. The summed E-state index contributed by atoms with van der Waals surface area (Å²) in [6, 6.07) is 14.0. The second kappa shape index (κ2) is 9.81. The lowest BCUT2D eigenvalue weighted by molar-refractivity contribution is -0.384. The highest BCUT2D eigenvalue weighted by Crippen LogP contribution is 2.36. The summed E-state index contributed by atoms with van der Waals surface area (Å²) in [5, 5.41) is 29.0. The molecule has 0 aliphatic heterocycles. The summed E-state index contributed by atoms with van der Waals surface area (Å²) in [5.41, 5.74) is 0.980. The van der Waals surface area contributed by atoms with E-state index in [-0.39, 0.29) is 33.2 Å². The maximum absolute atomic E-state index is 11.8. The number of carboxylic acids is 1. The zero-order chi connectivity index (χ0) is 24.2. The van der Waals surface area contributed by atoms with Gasteiger partial charge in [0.2, 0.25) is 5.89 Å². The molecule has 4 rings (SSSR count). The number of methoxy groups -OCH3 is 1. The van der Waals surface area contributed by atoms with Crippen LogP contribution in [0.15, 0.2) is 73.6 Å². The van der Waals surface area contributed by atoms with E-state index < -0.39 is 10.9 Å². The predicted molar refractivity (Wildman–Crippen MR) is 124 cm³/mol. The van der Waals surface area contributed by atoms with E-state index in [1.807, 2.05) is 0 Å². The van der Waals surface area contributed by atoms with E-state index >= 15 is 0 Å². The summed E-state index contributed by atoms with van der Waals surface area (Å²) < 4.78 is 16.5. The van der Waals surface area contributed by atoms with Crippen LogP contribution in [-0.2, 0) is 4.79 Å². The molecule has 0 saturated carbocycles. The van der Waals surface area contributed by atoms with Crippen molar-refractivity contribution in [3.63, 3.8) is 0 Å². The van der Waals surface area contributed by atoms with E-state index in [1.54, 1.807) is 36.4 Å². The number of carboxylic acid groups (broad SMARTS) is 1. The molecule has 0 bridgehead atoms. The van der Waals surface area contributed by atoms with E-state index in [0.717, 1.165) is 11.8 Å². The lowest BCUT2D eigenvalue weighted by Gasteiger charge is -2.05. The number of rotatable bonds is 8. The van der Waals surface area contributed by atoms with Crippen LogP contribution >= 0.6 is 23.4 Å². The monoisotopic (exact) mass is 499 g/mol. The first-order valence-electron chi connectivity index (χ1n) is 9.49. The number of hydrogen-bond acceptors (Lipinski definition) is 9. The highest BCUT2D eigenvalue weighted by atomic mass is 35.5. The number of aromatic nitrogens is 2. The Bertz CT molecular complexity index is 1400. The van der Waals surface area contributed by atoms with Gasteiger partial charge < -0.3 is 18.7 Å². The normalized spacial score (nSPS) is 11.4. The Balaban J connectivity index is 1.58. The average Bonchev–Trinajstić information content (AvgIpc) is 3.48. The molecule has 0 aliphatic rings. The fourth-order valence-corrected chi connectivity index (χ4v) is 3.67. The first kappa shape index (κ1) is 23.1. The van der Waals surface area contributed by atoms with Crippen molar-refractivity contribution in [1.29, 1.82) is 0 Å². The van der Waals surface area contributed by atoms with Gasteiger partial charge in [0, 0.05) is 22.7 Å². The Morgan fingerprint density at radius 2 is 1.91 bits per heavy atom. The van der Waals surface area contributed by atoms with Crippen molar-refractivity contribution in [3.05, 3.63) is 80.4 Å². The molecule has 2 aromatic heterocycles. The number of aliphatic carboxylic acids is 1. The zero-order valence-corrected chi connectivity index (χ0v) is 18.9. The molecule has 12 heteroatoms. The SMILES string of the molecule is COc1cc([N+](=O)[O-])ccc1-c1ccc(/C=C(\Sc2nnc(-c3ccc(Cl)cc3)o2)C(=O)O)o1. The zero-order valence-electron chi connectivity index (χ0n) is 17.3. The number of non-ortho nitro benzene ring substituents is 1.